The second-order valence-electron chi connectivity index (χ2n) is 10.2. The zero-order valence-electron chi connectivity index (χ0n) is 23.0. The summed E-state index contributed by atoms with van der Waals surface area (Å²) in [4.78, 5) is 25.5. The third kappa shape index (κ3) is 7.59. The summed E-state index contributed by atoms with van der Waals surface area (Å²) in [5.41, 5.74) is 0.285. The summed E-state index contributed by atoms with van der Waals surface area (Å²) < 4.78 is 11.5. The van der Waals surface area contributed by atoms with Gasteiger partial charge in [-0.15, -0.1) is 0 Å². The molecule has 0 amide bonds. The summed E-state index contributed by atoms with van der Waals surface area (Å²) in [6, 6.07) is 14.8. The average molecular weight is 519 g/mol. The fourth-order valence-corrected chi connectivity index (χ4v) is 4.88. The van der Waals surface area contributed by atoms with E-state index in [1.165, 1.54) is 32.1 Å². The van der Waals surface area contributed by atoms with Gasteiger partial charge in [0.15, 0.2) is 0 Å². The van der Waals surface area contributed by atoms with Crippen LogP contribution in [0.1, 0.15) is 99.5 Å². The number of carbonyl (C=O) groups is 2. The molecule has 5 nitrogen and oxygen atoms in total. The summed E-state index contributed by atoms with van der Waals surface area (Å²) in [7, 11) is 0. The second-order valence-corrected chi connectivity index (χ2v) is 10.2. The Hall–Kier alpha value is -3.34. The number of aliphatic carboxylic acids is 1. The maximum absolute atomic E-state index is 13.0. The van der Waals surface area contributed by atoms with Crippen molar-refractivity contribution < 1.29 is 24.2 Å². The Labute approximate surface area is 227 Å². The van der Waals surface area contributed by atoms with E-state index in [1.807, 2.05) is 50.3 Å². The Balaban J connectivity index is 1.69. The number of benzene rings is 2. The van der Waals surface area contributed by atoms with Crippen molar-refractivity contribution in [2.75, 3.05) is 6.61 Å². The molecular formula is C33H42O5. The van der Waals surface area contributed by atoms with Crippen LogP contribution < -0.4 is 4.74 Å². The lowest BCUT2D eigenvalue weighted by atomic mass is 9.73. The van der Waals surface area contributed by atoms with Gasteiger partial charge < -0.3 is 14.6 Å². The van der Waals surface area contributed by atoms with Crippen LogP contribution in [0.15, 0.2) is 72.8 Å². The predicted molar refractivity (Wildman–Crippen MR) is 152 cm³/mol. The Morgan fingerprint density at radius 3 is 2.21 bits per heavy atom. The Morgan fingerprint density at radius 1 is 0.895 bits per heavy atom. The zero-order chi connectivity index (χ0) is 27.4. The van der Waals surface area contributed by atoms with E-state index in [0.717, 1.165) is 37.2 Å². The van der Waals surface area contributed by atoms with E-state index in [2.05, 4.69) is 6.92 Å². The molecule has 1 aliphatic rings. The molecule has 1 aliphatic carbocycles. The van der Waals surface area contributed by atoms with Gasteiger partial charge in [0, 0.05) is 5.92 Å². The number of carboxylic acids is 1. The van der Waals surface area contributed by atoms with Crippen LogP contribution in [-0.4, -0.2) is 29.8 Å². The number of hydrogen-bond donors (Lipinski definition) is 1. The minimum absolute atomic E-state index is 0.0706. The van der Waals surface area contributed by atoms with E-state index < -0.39 is 17.4 Å². The van der Waals surface area contributed by atoms with Crippen LogP contribution in [0.2, 0.25) is 0 Å². The van der Waals surface area contributed by atoms with Crippen LogP contribution in [0.25, 0.3) is 0 Å². The number of ether oxygens (including phenoxy) is 2. The standard InChI is InChI=1S/C33H42O5/c1-4-6-7-8-9-12-24-37-28-18-16-26(17-19-28)27-20-22-33(23-21-27,32(35)36)30-15-11-10-14-29(30)31(34)38-25(3)13-5-2/h10-11,14-23,25,27H,4-9,12-13,24H2,1-3H3,(H,35,36). The van der Waals surface area contributed by atoms with Gasteiger partial charge in [-0.1, -0.05) is 107 Å². The third-order valence-corrected chi connectivity index (χ3v) is 7.11. The highest BCUT2D eigenvalue weighted by molar-refractivity contribution is 5.97. The van der Waals surface area contributed by atoms with Gasteiger partial charge >= 0.3 is 11.9 Å². The number of rotatable bonds is 15. The number of esters is 1. The maximum atomic E-state index is 13.0. The first kappa shape index (κ1) is 29.2. The third-order valence-electron chi connectivity index (χ3n) is 7.11. The molecule has 0 radical (unpaired) electrons. The molecule has 204 valence electrons. The fraction of sp³-hybridized carbons (Fsp3) is 0.455. The molecule has 0 aromatic heterocycles. The molecule has 0 heterocycles. The number of unbranched alkanes of at least 4 members (excludes halogenated alkanes) is 5. The molecule has 0 spiro atoms. The topological polar surface area (TPSA) is 72.8 Å². The van der Waals surface area contributed by atoms with E-state index >= 15 is 0 Å². The lowest BCUT2D eigenvalue weighted by Gasteiger charge is -2.29. The first-order valence-electron chi connectivity index (χ1n) is 14.1. The monoisotopic (exact) mass is 518 g/mol. The predicted octanol–water partition coefficient (Wildman–Crippen LogP) is 8.00. The van der Waals surface area contributed by atoms with E-state index in [9.17, 15) is 14.7 Å². The minimum atomic E-state index is -1.44. The summed E-state index contributed by atoms with van der Waals surface area (Å²) in [6.45, 7) is 6.83. The summed E-state index contributed by atoms with van der Waals surface area (Å²) in [5, 5.41) is 10.3. The quantitative estimate of drug-likeness (QED) is 0.147. The van der Waals surface area contributed by atoms with Crippen molar-refractivity contribution in [3.63, 3.8) is 0 Å². The molecule has 5 heteroatoms. The highest BCUT2D eigenvalue weighted by Crippen LogP contribution is 2.37. The molecule has 0 bridgehead atoms. The van der Waals surface area contributed by atoms with E-state index in [1.54, 1.807) is 36.4 Å². The Bertz CT molecular complexity index is 1080. The van der Waals surface area contributed by atoms with Crippen molar-refractivity contribution >= 4 is 11.9 Å². The largest absolute Gasteiger partial charge is 0.494 e. The lowest BCUT2D eigenvalue weighted by Crippen LogP contribution is -2.35. The van der Waals surface area contributed by atoms with Crippen LogP contribution in [0.5, 0.6) is 5.75 Å². The maximum Gasteiger partial charge on any atom is 0.338 e. The van der Waals surface area contributed by atoms with Gasteiger partial charge in [-0.05, 0) is 49.1 Å². The molecule has 0 fully saturated rings. The highest BCUT2D eigenvalue weighted by Gasteiger charge is 2.40. The van der Waals surface area contributed by atoms with Crippen molar-refractivity contribution in [1.29, 1.82) is 0 Å². The van der Waals surface area contributed by atoms with Gasteiger partial charge in [-0.25, -0.2) is 4.79 Å². The van der Waals surface area contributed by atoms with Crippen molar-refractivity contribution in [2.45, 2.75) is 89.6 Å². The molecule has 1 atom stereocenters. The summed E-state index contributed by atoms with van der Waals surface area (Å²) >= 11 is 0. The second kappa shape index (κ2) is 14.6. The van der Waals surface area contributed by atoms with Crippen LogP contribution >= 0.6 is 0 Å². The number of carbonyl (C=O) groups excluding carboxylic acids is 1. The Morgan fingerprint density at radius 2 is 1.55 bits per heavy atom. The molecule has 0 aliphatic heterocycles. The van der Waals surface area contributed by atoms with Crippen LogP contribution in [0.4, 0.5) is 0 Å². The van der Waals surface area contributed by atoms with Crippen molar-refractivity contribution in [3.8, 4) is 5.75 Å². The molecule has 2 aromatic carbocycles. The minimum Gasteiger partial charge on any atom is -0.494 e. The van der Waals surface area contributed by atoms with Gasteiger partial charge in [0.2, 0.25) is 0 Å². The van der Waals surface area contributed by atoms with Crippen LogP contribution in [-0.2, 0) is 14.9 Å². The van der Waals surface area contributed by atoms with Crippen molar-refractivity contribution in [1.82, 2.24) is 0 Å². The molecule has 1 unspecified atom stereocenters. The van der Waals surface area contributed by atoms with Crippen LogP contribution in [0.3, 0.4) is 0 Å². The number of allylic oxidation sites excluding steroid dienone is 2. The SMILES string of the molecule is CCCCCCCCOc1ccc(C2C=CC(C(=O)O)(c3ccccc3C(=O)OC(C)CCC)C=C2)cc1. The average Bonchev–Trinajstić information content (AvgIpc) is 2.93. The molecule has 1 N–H and O–H groups in total. The Kier molecular flexibility index (Phi) is 11.2. The molecule has 2 aromatic rings. The van der Waals surface area contributed by atoms with E-state index in [0.29, 0.717) is 5.56 Å². The number of carboxylic acid groups (broad SMARTS) is 1. The number of hydrogen-bond acceptors (Lipinski definition) is 4. The van der Waals surface area contributed by atoms with E-state index in [4.69, 9.17) is 9.47 Å². The van der Waals surface area contributed by atoms with Crippen molar-refractivity contribution in [3.05, 3.63) is 89.5 Å². The van der Waals surface area contributed by atoms with Gasteiger partial charge in [0.05, 0.1) is 18.3 Å². The van der Waals surface area contributed by atoms with Gasteiger partial charge in [0.25, 0.3) is 0 Å². The normalized spacial score (nSPS) is 19.2. The summed E-state index contributed by atoms with van der Waals surface area (Å²) in [6.07, 6.45) is 15.9. The molecule has 0 saturated carbocycles. The van der Waals surface area contributed by atoms with Crippen molar-refractivity contribution in [2.24, 2.45) is 0 Å². The fourth-order valence-electron chi connectivity index (χ4n) is 4.88. The highest BCUT2D eigenvalue weighted by atomic mass is 16.5. The molecular weight excluding hydrogens is 476 g/mol. The smallest absolute Gasteiger partial charge is 0.338 e. The molecule has 3 rings (SSSR count). The first-order valence-corrected chi connectivity index (χ1v) is 14.1. The zero-order valence-corrected chi connectivity index (χ0v) is 23.0. The molecule has 0 saturated heterocycles. The summed E-state index contributed by atoms with van der Waals surface area (Å²) in [5.74, 6) is -0.763. The van der Waals surface area contributed by atoms with E-state index in [-0.39, 0.29) is 17.6 Å². The van der Waals surface area contributed by atoms with Gasteiger partial charge in [-0.3, -0.25) is 4.79 Å². The first-order chi connectivity index (χ1) is 18.4. The molecule has 38 heavy (non-hydrogen) atoms. The van der Waals surface area contributed by atoms with Gasteiger partial charge in [-0.2, -0.15) is 0 Å². The van der Waals surface area contributed by atoms with Crippen LogP contribution in [0, 0.1) is 0 Å². The van der Waals surface area contributed by atoms with Gasteiger partial charge in [0.1, 0.15) is 11.2 Å². The lowest BCUT2D eigenvalue weighted by molar-refractivity contribution is -0.140.